The van der Waals surface area contributed by atoms with E-state index in [0.717, 1.165) is 29.8 Å². The minimum Gasteiger partial charge on any atom is -0.423 e. The van der Waals surface area contributed by atoms with Gasteiger partial charge in [-0.1, -0.05) is 17.7 Å². The van der Waals surface area contributed by atoms with Crippen LogP contribution in [0.1, 0.15) is 16.7 Å². The van der Waals surface area contributed by atoms with E-state index in [4.69, 9.17) is 0 Å². The summed E-state index contributed by atoms with van der Waals surface area (Å²) in [6.45, 7) is 3.19. The third-order valence-corrected chi connectivity index (χ3v) is 2.76. The summed E-state index contributed by atoms with van der Waals surface area (Å²) >= 11 is 0. The first-order valence-corrected chi connectivity index (χ1v) is 5.89. The largest absolute Gasteiger partial charge is 0.426 e. The van der Waals surface area contributed by atoms with Crippen LogP contribution in [0.5, 0.6) is 5.75 Å². The van der Waals surface area contributed by atoms with E-state index in [0.29, 0.717) is 0 Å². The number of ether oxygens (including phenoxy) is 1. The summed E-state index contributed by atoms with van der Waals surface area (Å²) in [5.74, 6) is -3.40. The van der Waals surface area contributed by atoms with Crippen LogP contribution in [0.4, 0.5) is 17.6 Å². The Morgan fingerprint density at radius 1 is 0.850 bits per heavy atom. The molecule has 0 aliphatic carbocycles. The summed E-state index contributed by atoms with van der Waals surface area (Å²) in [6.07, 6.45) is -3.81. The molecule has 0 heterocycles. The molecule has 2 aromatic carbocycles. The predicted molar refractivity (Wildman–Crippen MR) is 66.8 cm³/mol. The molecule has 0 N–H and O–H groups in total. The van der Waals surface area contributed by atoms with Gasteiger partial charge in [0.15, 0.2) is 17.4 Å². The number of hydrogen-bond donors (Lipinski definition) is 0. The van der Waals surface area contributed by atoms with Gasteiger partial charge in [-0.3, -0.25) is 0 Å². The van der Waals surface area contributed by atoms with Crippen molar-refractivity contribution in [3.63, 3.8) is 0 Å². The minimum absolute atomic E-state index is 0.283. The fourth-order valence-corrected chi connectivity index (χ4v) is 1.72. The van der Waals surface area contributed by atoms with Gasteiger partial charge in [-0.2, -0.15) is 8.78 Å². The lowest BCUT2D eigenvalue weighted by Gasteiger charge is -2.19. The van der Waals surface area contributed by atoms with E-state index in [1.54, 1.807) is 6.92 Å². The minimum atomic E-state index is -3.81. The highest BCUT2D eigenvalue weighted by Crippen LogP contribution is 2.34. The molecule has 106 valence electrons. The van der Waals surface area contributed by atoms with Crippen LogP contribution in [0.2, 0.25) is 0 Å². The van der Waals surface area contributed by atoms with Crippen LogP contribution in [0.15, 0.2) is 36.4 Å². The van der Waals surface area contributed by atoms with E-state index < -0.39 is 29.1 Å². The molecule has 0 aliphatic heterocycles. The fraction of sp³-hybridized carbons (Fsp3) is 0.200. The highest BCUT2D eigenvalue weighted by molar-refractivity contribution is 5.32. The van der Waals surface area contributed by atoms with E-state index in [1.165, 1.54) is 19.1 Å². The highest BCUT2D eigenvalue weighted by atomic mass is 19.3. The molecule has 20 heavy (non-hydrogen) atoms. The average Bonchev–Trinajstić information content (AvgIpc) is 2.34. The standard InChI is InChI=1S/C15H12F4O/c1-9-3-5-11(6-4-9)15(18,19)20-14-12(16)7-10(2)8-13(14)17/h3-8H,1-2H3. The van der Waals surface area contributed by atoms with E-state index in [1.807, 2.05) is 0 Å². The normalized spacial score (nSPS) is 11.5. The van der Waals surface area contributed by atoms with Gasteiger partial charge in [0.05, 0.1) is 5.56 Å². The van der Waals surface area contributed by atoms with Gasteiger partial charge in [0, 0.05) is 0 Å². The van der Waals surface area contributed by atoms with Crippen LogP contribution in [0.3, 0.4) is 0 Å². The van der Waals surface area contributed by atoms with Crippen molar-refractivity contribution in [2.75, 3.05) is 0 Å². The molecule has 0 aromatic heterocycles. The van der Waals surface area contributed by atoms with Gasteiger partial charge in [0.25, 0.3) is 0 Å². The smallest absolute Gasteiger partial charge is 0.423 e. The average molecular weight is 284 g/mol. The van der Waals surface area contributed by atoms with Crippen LogP contribution in [-0.4, -0.2) is 0 Å². The summed E-state index contributed by atoms with van der Waals surface area (Å²) in [6, 6.07) is 7.11. The van der Waals surface area contributed by atoms with Gasteiger partial charge < -0.3 is 4.74 Å². The fourth-order valence-electron chi connectivity index (χ4n) is 1.72. The topological polar surface area (TPSA) is 9.23 Å². The molecule has 1 nitrogen and oxygen atoms in total. The Labute approximate surface area is 113 Å². The molecule has 0 aliphatic rings. The van der Waals surface area contributed by atoms with Crippen molar-refractivity contribution in [1.29, 1.82) is 0 Å². The van der Waals surface area contributed by atoms with E-state index in [2.05, 4.69) is 4.74 Å². The molecule has 0 fully saturated rings. The number of aryl methyl sites for hydroxylation is 2. The number of alkyl halides is 2. The number of hydrogen-bond acceptors (Lipinski definition) is 1. The lowest BCUT2D eigenvalue weighted by molar-refractivity contribution is -0.188. The first-order chi connectivity index (χ1) is 9.29. The molecule has 0 unspecified atom stereocenters. The maximum atomic E-state index is 13.9. The van der Waals surface area contributed by atoms with Crippen molar-refractivity contribution in [3.05, 3.63) is 64.7 Å². The summed E-state index contributed by atoms with van der Waals surface area (Å²) in [5, 5.41) is 0. The molecular weight excluding hydrogens is 272 g/mol. The molecule has 0 atom stereocenters. The second-order valence-electron chi connectivity index (χ2n) is 4.54. The predicted octanol–water partition coefficient (Wildman–Crippen LogP) is 4.71. The summed E-state index contributed by atoms with van der Waals surface area (Å²) in [5.41, 5.74) is 0.603. The molecule has 0 spiro atoms. The third kappa shape index (κ3) is 2.92. The number of benzene rings is 2. The van der Waals surface area contributed by atoms with Gasteiger partial charge in [0.1, 0.15) is 0 Å². The lowest BCUT2D eigenvalue weighted by Crippen LogP contribution is -2.23. The van der Waals surface area contributed by atoms with Crippen molar-refractivity contribution >= 4 is 0 Å². The number of rotatable bonds is 3. The van der Waals surface area contributed by atoms with Crippen LogP contribution < -0.4 is 4.74 Å². The molecule has 2 aromatic rings. The van der Waals surface area contributed by atoms with Gasteiger partial charge in [-0.15, -0.1) is 0 Å². The Morgan fingerprint density at radius 3 is 1.85 bits per heavy atom. The summed E-state index contributed by atoms with van der Waals surface area (Å²) in [4.78, 5) is 0. The number of halogens is 4. The van der Waals surface area contributed by atoms with Crippen molar-refractivity contribution < 1.29 is 22.3 Å². The first-order valence-electron chi connectivity index (χ1n) is 5.89. The van der Waals surface area contributed by atoms with Crippen LogP contribution in [0.25, 0.3) is 0 Å². The lowest BCUT2D eigenvalue weighted by atomic mass is 10.1. The maximum Gasteiger partial charge on any atom is 0.426 e. The van der Waals surface area contributed by atoms with E-state index >= 15 is 0 Å². The molecule has 0 bridgehead atoms. The highest BCUT2D eigenvalue weighted by Gasteiger charge is 2.36. The van der Waals surface area contributed by atoms with Gasteiger partial charge in [-0.05, 0) is 43.7 Å². The summed E-state index contributed by atoms with van der Waals surface area (Å²) in [7, 11) is 0. The van der Waals surface area contributed by atoms with Crippen LogP contribution >= 0.6 is 0 Å². The van der Waals surface area contributed by atoms with Gasteiger partial charge in [0.2, 0.25) is 0 Å². The Morgan fingerprint density at radius 2 is 1.35 bits per heavy atom. The van der Waals surface area contributed by atoms with Crippen molar-refractivity contribution in [2.24, 2.45) is 0 Å². The second kappa shape index (κ2) is 5.15. The van der Waals surface area contributed by atoms with Crippen molar-refractivity contribution in [1.82, 2.24) is 0 Å². The van der Waals surface area contributed by atoms with Gasteiger partial charge in [-0.25, -0.2) is 8.78 Å². The molecule has 2 rings (SSSR count). The molecule has 0 saturated carbocycles. The Bertz CT molecular complexity index is 597. The summed E-state index contributed by atoms with van der Waals surface area (Å²) < 4.78 is 59.1. The van der Waals surface area contributed by atoms with Gasteiger partial charge >= 0.3 is 6.11 Å². The van der Waals surface area contributed by atoms with Crippen molar-refractivity contribution in [2.45, 2.75) is 20.0 Å². The zero-order valence-corrected chi connectivity index (χ0v) is 10.9. The zero-order valence-electron chi connectivity index (χ0n) is 10.9. The molecule has 0 amide bonds. The zero-order chi connectivity index (χ0) is 14.9. The maximum absolute atomic E-state index is 13.9. The first kappa shape index (κ1) is 14.4. The van der Waals surface area contributed by atoms with E-state index in [9.17, 15) is 17.6 Å². The SMILES string of the molecule is Cc1ccc(C(F)(F)Oc2c(F)cc(C)cc2F)cc1. The van der Waals surface area contributed by atoms with E-state index in [-0.39, 0.29) is 5.56 Å². The molecular formula is C15H12F4O. The molecule has 0 radical (unpaired) electrons. The third-order valence-electron chi connectivity index (χ3n) is 2.76. The van der Waals surface area contributed by atoms with Crippen molar-refractivity contribution in [3.8, 4) is 5.75 Å². The molecule has 5 heteroatoms. The second-order valence-corrected chi connectivity index (χ2v) is 4.54. The van der Waals surface area contributed by atoms with Crippen LogP contribution in [-0.2, 0) is 6.11 Å². The Kier molecular flexibility index (Phi) is 3.70. The quantitative estimate of drug-likeness (QED) is 0.742. The Balaban J connectivity index is 2.35. The van der Waals surface area contributed by atoms with Crippen LogP contribution in [0, 0.1) is 25.5 Å². The Hall–Kier alpha value is -2.04. The molecule has 0 saturated heterocycles. The monoisotopic (exact) mass is 284 g/mol.